The molecule has 0 rings (SSSR count). The Balaban J connectivity index is 4.04. The number of carbonyl (C=O) groups is 1. The minimum atomic E-state index is -0.440. The Bertz CT molecular complexity index is 247. The minimum absolute atomic E-state index is 0.287. The fourth-order valence-corrected chi connectivity index (χ4v) is 1.41. The monoisotopic (exact) mass is 258 g/mol. The van der Waals surface area contributed by atoms with Crippen LogP contribution in [-0.2, 0) is 4.74 Å². The molecule has 0 aliphatic rings. The summed E-state index contributed by atoms with van der Waals surface area (Å²) in [5.74, 6) is 0.584. The van der Waals surface area contributed by atoms with Gasteiger partial charge in [0.2, 0.25) is 0 Å². The van der Waals surface area contributed by atoms with Crippen LogP contribution in [0.4, 0.5) is 4.79 Å². The fraction of sp³-hybridized carbons (Fsp3) is 0.929. The van der Waals surface area contributed by atoms with Gasteiger partial charge in [-0.25, -0.2) is 4.79 Å². The van der Waals surface area contributed by atoms with E-state index in [1.807, 2.05) is 20.8 Å². The van der Waals surface area contributed by atoms with Crippen molar-refractivity contribution in [3.63, 3.8) is 0 Å². The molecule has 4 heteroatoms. The van der Waals surface area contributed by atoms with E-state index in [0.717, 1.165) is 6.42 Å². The van der Waals surface area contributed by atoms with E-state index < -0.39 is 5.60 Å². The summed E-state index contributed by atoms with van der Waals surface area (Å²) in [4.78, 5) is 11.5. The van der Waals surface area contributed by atoms with E-state index in [4.69, 9.17) is 4.74 Å². The van der Waals surface area contributed by atoms with Crippen molar-refractivity contribution in [2.24, 2.45) is 5.92 Å². The average molecular weight is 258 g/mol. The maximum absolute atomic E-state index is 11.5. The first-order valence-electron chi connectivity index (χ1n) is 6.88. The van der Waals surface area contributed by atoms with E-state index in [0.29, 0.717) is 18.5 Å². The van der Waals surface area contributed by atoms with Gasteiger partial charge in [-0.15, -0.1) is 0 Å². The van der Waals surface area contributed by atoms with Crippen molar-refractivity contribution < 1.29 is 9.53 Å². The van der Waals surface area contributed by atoms with Crippen LogP contribution in [0.3, 0.4) is 0 Å². The molecule has 0 fully saturated rings. The van der Waals surface area contributed by atoms with Crippen LogP contribution in [0.25, 0.3) is 0 Å². The first-order valence-corrected chi connectivity index (χ1v) is 6.88. The fourth-order valence-electron chi connectivity index (χ4n) is 1.41. The Hall–Kier alpha value is -0.770. The van der Waals surface area contributed by atoms with Gasteiger partial charge in [0.1, 0.15) is 5.60 Å². The van der Waals surface area contributed by atoms with E-state index in [2.05, 4.69) is 38.3 Å². The van der Waals surface area contributed by atoms with Gasteiger partial charge >= 0.3 is 6.09 Å². The number of amides is 1. The van der Waals surface area contributed by atoms with Crippen molar-refractivity contribution in [2.75, 3.05) is 6.54 Å². The Labute approximate surface area is 112 Å². The standard InChI is InChI=1S/C14H30N2O2/c1-8-12(16-11(4)10(2)3)9-15-13(17)18-14(5,6)7/h10-12,16H,8-9H2,1-7H3,(H,15,17). The average Bonchev–Trinajstić information content (AvgIpc) is 2.21. The van der Waals surface area contributed by atoms with Crippen molar-refractivity contribution in [2.45, 2.75) is 72.6 Å². The van der Waals surface area contributed by atoms with Crippen LogP contribution < -0.4 is 10.6 Å². The molecular formula is C14H30N2O2. The van der Waals surface area contributed by atoms with Gasteiger partial charge in [0.25, 0.3) is 0 Å². The molecule has 108 valence electrons. The van der Waals surface area contributed by atoms with Crippen molar-refractivity contribution in [1.29, 1.82) is 0 Å². The summed E-state index contributed by atoms with van der Waals surface area (Å²) in [5, 5.41) is 6.32. The first kappa shape index (κ1) is 17.2. The third-order valence-electron chi connectivity index (χ3n) is 2.88. The highest BCUT2D eigenvalue weighted by Crippen LogP contribution is 2.07. The molecule has 2 atom stereocenters. The van der Waals surface area contributed by atoms with Crippen molar-refractivity contribution in [3.8, 4) is 0 Å². The zero-order valence-corrected chi connectivity index (χ0v) is 13.0. The van der Waals surface area contributed by atoms with Crippen LogP contribution in [0.1, 0.15) is 54.9 Å². The van der Waals surface area contributed by atoms with Crippen molar-refractivity contribution in [1.82, 2.24) is 10.6 Å². The Morgan fingerprint density at radius 3 is 2.17 bits per heavy atom. The van der Waals surface area contributed by atoms with Gasteiger partial charge in [0.05, 0.1) is 0 Å². The number of nitrogens with one attached hydrogen (secondary N) is 2. The van der Waals surface area contributed by atoms with Gasteiger partial charge in [0.15, 0.2) is 0 Å². The van der Waals surface area contributed by atoms with Gasteiger partial charge in [0, 0.05) is 18.6 Å². The third kappa shape index (κ3) is 8.34. The molecule has 0 radical (unpaired) electrons. The largest absolute Gasteiger partial charge is 0.444 e. The predicted molar refractivity (Wildman–Crippen MR) is 75.8 cm³/mol. The molecule has 0 heterocycles. The highest BCUT2D eigenvalue weighted by Gasteiger charge is 2.18. The third-order valence-corrected chi connectivity index (χ3v) is 2.88. The van der Waals surface area contributed by atoms with E-state index in [1.54, 1.807) is 0 Å². The zero-order valence-electron chi connectivity index (χ0n) is 13.0. The van der Waals surface area contributed by atoms with Crippen molar-refractivity contribution in [3.05, 3.63) is 0 Å². The Morgan fingerprint density at radius 1 is 1.22 bits per heavy atom. The quantitative estimate of drug-likeness (QED) is 0.770. The molecule has 0 aliphatic heterocycles. The van der Waals surface area contributed by atoms with Gasteiger partial charge in [-0.1, -0.05) is 20.8 Å². The van der Waals surface area contributed by atoms with E-state index in [-0.39, 0.29) is 12.1 Å². The predicted octanol–water partition coefficient (Wildman–Crippen LogP) is 2.92. The molecule has 0 bridgehead atoms. The number of carbonyl (C=O) groups excluding carboxylic acids is 1. The molecule has 18 heavy (non-hydrogen) atoms. The molecule has 0 saturated heterocycles. The Morgan fingerprint density at radius 2 is 1.78 bits per heavy atom. The molecule has 0 aliphatic carbocycles. The van der Waals surface area contributed by atoms with Gasteiger partial charge in [-0.3, -0.25) is 0 Å². The van der Waals surface area contributed by atoms with Crippen LogP contribution in [0, 0.1) is 5.92 Å². The minimum Gasteiger partial charge on any atom is -0.444 e. The summed E-state index contributed by atoms with van der Waals surface area (Å²) in [6.07, 6.45) is 0.632. The molecule has 2 N–H and O–H groups in total. The maximum Gasteiger partial charge on any atom is 0.407 e. The summed E-state index contributed by atoms with van der Waals surface area (Å²) >= 11 is 0. The van der Waals surface area contributed by atoms with Crippen LogP contribution in [0.2, 0.25) is 0 Å². The number of hydrogen-bond donors (Lipinski definition) is 2. The van der Waals surface area contributed by atoms with E-state index in [9.17, 15) is 4.79 Å². The topological polar surface area (TPSA) is 50.4 Å². The highest BCUT2D eigenvalue weighted by atomic mass is 16.6. The smallest absolute Gasteiger partial charge is 0.407 e. The molecule has 0 aromatic carbocycles. The van der Waals surface area contributed by atoms with Gasteiger partial charge < -0.3 is 15.4 Å². The lowest BCUT2D eigenvalue weighted by Crippen LogP contribution is -2.46. The van der Waals surface area contributed by atoms with E-state index in [1.165, 1.54) is 0 Å². The SMILES string of the molecule is CCC(CNC(=O)OC(C)(C)C)NC(C)C(C)C. The van der Waals surface area contributed by atoms with E-state index >= 15 is 0 Å². The molecule has 0 aromatic heterocycles. The first-order chi connectivity index (χ1) is 8.15. The maximum atomic E-state index is 11.5. The normalized spacial score (nSPS) is 15.3. The molecule has 1 amide bonds. The van der Waals surface area contributed by atoms with Gasteiger partial charge in [-0.05, 0) is 40.0 Å². The second-order valence-electron chi connectivity index (χ2n) is 6.19. The van der Waals surface area contributed by atoms with Crippen LogP contribution >= 0.6 is 0 Å². The second-order valence-corrected chi connectivity index (χ2v) is 6.19. The summed E-state index contributed by atoms with van der Waals surface area (Å²) in [6.45, 7) is 14.8. The number of rotatable bonds is 6. The number of alkyl carbamates (subject to hydrolysis) is 1. The molecule has 0 spiro atoms. The molecule has 2 unspecified atom stereocenters. The number of hydrogen-bond acceptors (Lipinski definition) is 3. The summed E-state index contributed by atoms with van der Waals surface area (Å²) in [7, 11) is 0. The summed E-state index contributed by atoms with van der Waals surface area (Å²) in [5.41, 5.74) is -0.440. The lowest BCUT2D eigenvalue weighted by molar-refractivity contribution is 0.0521. The lowest BCUT2D eigenvalue weighted by Gasteiger charge is -2.26. The molecular weight excluding hydrogens is 228 g/mol. The second kappa shape index (κ2) is 7.62. The lowest BCUT2D eigenvalue weighted by atomic mass is 10.0. The molecule has 0 aromatic rings. The van der Waals surface area contributed by atoms with Crippen molar-refractivity contribution >= 4 is 6.09 Å². The summed E-state index contributed by atoms with van der Waals surface area (Å²) < 4.78 is 5.21. The summed E-state index contributed by atoms with van der Waals surface area (Å²) in [6, 6.07) is 0.727. The molecule has 4 nitrogen and oxygen atoms in total. The van der Waals surface area contributed by atoms with Crippen LogP contribution in [0.5, 0.6) is 0 Å². The zero-order chi connectivity index (χ0) is 14.3. The van der Waals surface area contributed by atoms with Crippen LogP contribution in [-0.4, -0.2) is 30.3 Å². The molecule has 0 saturated carbocycles. The number of ether oxygens (including phenoxy) is 1. The van der Waals surface area contributed by atoms with Gasteiger partial charge in [-0.2, -0.15) is 0 Å². The Kier molecular flexibility index (Phi) is 7.29. The highest BCUT2D eigenvalue weighted by molar-refractivity contribution is 5.67. The van der Waals surface area contributed by atoms with Crippen LogP contribution in [0.15, 0.2) is 0 Å².